The summed E-state index contributed by atoms with van der Waals surface area (Å²) in [6.07, 6.45) is 5.55. The van der Waals surface area contributed by atoms with Gasteiger partial charge in [-0.25, -0.2) is 0 Å². The molecule has 0 aliphatic heterocycles. The lowest BCUT2D eigenvalue weighted by molar-refractivity contribution is -0.0116. The standard InChI is InChI=1S/C13H28N2O/c1-12-6-4-7-13(16,10-12)11-14-8-5-9-15(2)3/h12,14,16H,4-11H2,1-3H3. The lowest BCUT2D eigenvalue weighted by Gasteiger charge is -2.35. The maximum absolute atomic E-state index is 10.4. The van der Waals surface area contributed by atoms with Crippen molar-refractivity contribution >= 4 is 0 Å². The molecule has 0 aromatic carbocycles. The molecule has 16 heavy (non-hydrogen) atoms. The molecule has 1 saturated carbocycles. The van der Waals surface area contributed by atoms with E-state index in [1.165, 1.54) is 12.8 Å². The summed E-state index contributed by atoms with van der Waals surface area (Å²) in [4.78, 5) is 2.19. The predicted octanol–water partition coefficient (Wildman–Crippen LogP) is 1.47. The van der Waals surface area contributed by atoms with Gasteiger partial charge in [-0.15, -0.1) is 0 Å². The lowest BCUT2D eigenvalue weighted by Crippen LogP contribution is -2.44. The van der Waals surface area contributed by atoms with Crippen LogP contribution in [0.5, 0.6) is 0 Å². The summed E-state index contributed by atoms with van der Waals surface area (Å²) in [7, 11) is 4.19. The summed E-state index contributed by atoms with van der Waals surface area (Å²) in [6.45, 7) is 5.14. The van der Waals surface area contributed by atoms with Crippen molar-refractivity contribution in [3.63, 3.8) is 0 Å². The van der Waals surface area contributed by atoms with Gasteiger partial charge in [0.25, 0.3) is 0 Å². The van der Waals surface area contributed by atoms with Crippen LogP contribution in [-0.2, 0) is 0 Å². The fraction of sp³-hybridized carbons (Fsp3) is 1.00. The van der Waals surface area contributed by atoms with E-state index >= 15 is 0 Å². The van der Waals surface area contributed by atoms with E-state index in [9.17, 15) is 5.11 Å². The summed E-state index contributed by atoms with van der Waals surface area (Å²) < 4.78 is 0. The highest BCUT2D eigenvalue weighted by molar-refractivity contribution is 4.86. The summed E-state index contributed by atoms with van der Waals surface area (Å²) in [5.41, 5.74) is -0.435. The van der Waals surface area contributed by atoms with Crippen molar-refractivity contribution < 1.29 is 5.11 Å². The Morgan fingerprint density at radius 3 is 2.81 bits per heavy atom. The third-order valence-electron chi connectivity index (χ3n) is 3.48. The molecule has 3 heteroatoms. The minimum atomic E-state index is -0.435. The zero-order valence-corrected chi connectivity index (χ0v) is 11.1. The molecule has 3 nitrogen and oxygen atoms in total. The average molecular weight is 228 g/mol. The van der Waals surface area contributed by atoms with E-state index in [1.54, 1.807) is 0 Å². The highest BCUT2D eigenvalue weighted by Crippen LogP contribution is 2.31. The molecule has 0 heterocycles. The highest BCUT2D eigenvalue weighted by atomic mass is 16.3. The van der Waals surface area contributed by atoms with Crippen LogP contribution in [0.4, 0.5) is 0 Å². The number of nitrogens with zero attached hydrogens (tertiary/aromatic N) is 1. The van der Waals surface area contributed by atoms with Crippen molar-refractivity contribution in [3.8, 4) is 0 Å². The first-order valence-electron chi connectivity index (χ1n) is 6.60. The van der Waals surface area contributed by atoms with Crippen LogP contribution in [0, 0.1) is 5.92 Å². The number of aliphatic hydroxyl groups is 1. The van der Waals surface area contributed by atoms with E-state index in [4.69, 9.17) is 0 Å². The van der Waals surface area contributed by atoms with Gasteiger partial charge in [-0.05, 0) is 52.4 Å². The third kappa shape index (κ3) is 5.28. The molecule has 0 bridgehead atoms. The van der Waals surface area contributed by atoms with Gasteiger partial charge in [0.05, 0.1) is 5.60 Å². The van der Waals surface area contributed by atoms with Crippen LogP contribution in [0.3, 0.4) is 0 Å². The number of hydrogen-bond donors (Lipinski definition) is 2. The van der Waals surface area contributed by atoms with Crippen LogP contribution in [0.15, 0.2) is 0 Å². The average Bonchev–Trinajstić information content (AvgIpc) is 2.16. The first-order chi connectivity index (χ1) is 7.52. The molecule has 1 aliphatic rings. The lowest BCUT2D eigenvalue weighted by atomic mass is 9.79. The highest BCUT2D eigenvalue weighted by Gasteiger charge is 2.31. The second-order valence-corrected chi connectivity index (χ2v) is 5.76. The Morgan fingerprint density at radius 2 is 2.19 bits per heavy atom. The van der Waals surface area contributed by atoms with E-state index in [0.29, 0.717) is 5.92 Å². The molecule has 0 amide bonds. The largest absolute Gasteiger partial charge is 0.389 e. The molecule has 2 N–H and O–H groups in total. The first-order valence-corrected chi connectivity index (χ1v) is 6.60. The Balaban J connectivity index is 2.11. The van der Waals surface area contributed by atoms with Gasteiger partial charge in [0.1, 0.15) is 0 Å². The Hall–Kier alpha value is -0.120. The van der Waals surface area contributed by atoms with Gasteiger partial charge < -0.3 is 15.3 Å². The van der Waals surface area contributed by atoms with Gasteiger partial charge in [-0.2, -0.15) is 0 Å². The SMILES string of the molecule is CC1CCCC(O)(CNCCCN(C)C)C1. The molecule has 0 spiro atoms. The van der Waals surface area contributed by atoms with Crippen molar-refractivity contribution in [1.29, 1.82) is 0 Å². The molecule has 0 radical (unpaired) electrons. The van der Waals surface area contributed by atoms with Crippen LogP contribution < -0.4 is 5.32 Å². The van der Waals surface area contributed by atoms with Gasteiger partial charge in [0, 0.05) is 6.54 Å². The van der Waals surface area contributed by atoms with Crippen molar-refractivity contribution in [3.05, 3.63) is 0 Å². The minimum absolute atomic E-state index is 0.435. The van der Waals surface area contributed by atoms with E-state index < -0.39 is 5.60 Å². The summed E-state index contributed by atoms with van der Waals surface area (Å²) in [5, 5.41) is 13.8. The van der Waals surface area contributed by atoms with Crippen molar-refractivity contribution in [1.82, 2.24) is 10.2 Å². The van der Waals surface area contributed by atoms with E-state index in [2.05, 4.69) is 31.2 Å². The third-order valence-corrected chi connectivity index (χ3v) is 3.48. The molecule has 2 unspecified atom stereocenters. The van der Waals surface area contributed by atoms with E-state index in [0.717, 1.165) is 38.9 Å². The molecule has 2 atom stereocenters. The number of nitrogens with one attached hydrogen (secondary N) is 1. The van der Waals surface area contributed by atoms with Crippen LogP contribution in [0.2, 0.25) is 0 Å². The Kier molecular flexibility index (Phi) is 5.73. The topological polar surface area (TPSA) is 35.5 Å². The van der Waals surface area contributed by atoms with Crippen molar-refractivity contribution in [2.45, 2.75) is 44.6 Å². The molecule has 1 fully saturated rings. The second-order valence-electron chi connectivity index (χ2n) is 5.76. The van der Waals surface area contributed by atoms with Crippen LogP contribution in [0.25, 0.3) is 0 Å². The smallest absolute Gasteiger partial charge is 0.0774 e. The predicted molar refractivity (Wildman–Crippen MR) is 68.6 cm³/mol. The van der Waals surface area contributed by atoms with Gasteiger partial charge in [0.2, 0.25) is 0 Å². The zero-order chi connectivity index (χ0) is 12.0. The molecule has 1 rings (SSSR count). The monoisotopic (exact) mass is 228 g/mol. The van der Waals surface area contributed by atoms with Gasteiger partial charge in [-0.3, -0.25) is 0 Å². The number of rotatable bonds is 6. The Labute approximate surface area is 100 Å². The van der Waals surface area contributed by atoms with Gasteiger partial charge in [-0.1, -0.05) is 19.8 Å². The van der Waals surface area contributed by atoms with Crippen LogP contribution in [0.1, 0.15) is 39.0 Å². The molecule has 0 aromatic heterocycles. The van der Waals surface area contributed by atoms with Crippen LogP contribution >= 0.6 is 0 Å². The first kappa shape index (κ1) is 13.9. The molecular weight excluding hydrogens is 200 g/mol. The number of hydrogen-bond acceptors (Lipinski definition) is 3. The zero-order valence-electron chi connectivity index (χ0n) is 11.1. The quantitative estimate of drug-likeness (QED) is 0.676. The summed E-state index contributed by atoms with van der Waals surface area (Å²) in [6, 6.07) is 0. The van der Waals surface area contributed by atoms with E-state index in [1.807, 2.05) is 0 Å². The van der Waals surface area contributed by atoms with Crippen molar-refractivity contribution in [2.24, 2.45) is 5.92 Å². The van der Waals surface area contributed by atoms with E-state index in [-0.39, 0.29) is 0 Å². The minimum Gasteiger partial charge on any atom is -0.389 e. The maximum Gasteiger partial charge on any atom is 0.0774 e. The normalized spacial score (nSPS) is 30.9. The van der Waals surface area contributed by atoms with Gasteiger partial charge in [0.15, 0.2) is 0 Å². The molecule has 0 aromatic rings. The summed E-state index contributed by atoms with van der Waals surface area (Å²) in [5.74, 6) is 0.683. The van der Waals surface area contributed by atoms with Crippen molar-refractivity contribution in [2.75, 3.05) is 33.7 Å². The summed E-state index contributed by atoms with van der Waals surface area (Å²) >= 11 is 0. The molecule has 96 valence electrons. The van der Waals surface area contributed by atoms with Crippen LogP contribution in [-0.4, -0.2) is 49.3 Å². The molecular formula is C13H28N2O. The molecule has 0 saturated heterocycles. The fourth-order valence-corrected chi connectivity index (χ4v) is 2.63. The fourth-order valence-electron chi connectivity index (χ4n) is 2.63. The van der Waals surface area contributed by atoms with Gasteiger partial charge >= 0.3 is 0 Å². The maximum atomic E-state index is 10.4. The second kappa shape index (κ2) is 6.58. The molecule has 1 aliphatic carbocycles. The Bertz CT molecular complexity index is 196. The Morgan fingerprint density at radius 1 is 1.44 bits per heavy atom.